The van der Waals surface area contributed by atoms with Gasteiger partial charge >= 0.3 is 6.03 Å². The van der Waals surface area contributed by atoms with Crippen molar-refractivity contribution in [1.29, 1.82) is 0 Å². The fraction of sp³-hybridized carbons (Fsp3) is 0.429. The van der Waals surface area contributed by atoms with Gasteiger partial charge in [0.15, 0.2) is 5.78 Å². The molecule has 0 radical (unpaired) electrons. The van der Waals surface area contributed by atoms with Crippen LogP contribution in [0.5, 0.6) is 0 Å². The minimum Gasteiger partial charge on any atom is -0.380 e. The first-order valence-corrected chi connectivity index (χ1v) is 6.29. The lowest BCUT2D eigenvalue weighted by atomic mass is 10.1. The van der Waals surface area contributed by atoms with E-state index in [9.17, 15) is 9.59 Å². The first-order valence-electron chi connectivity index (χ1n) is 6.29. The van der Waals surface area contributed by atoms with Crippen LogP contribution in [0.4, 0.5) is 10.5 Å². The van der Waals surface area contributed by atoms with Gasteiger partial charge in [-0.05, 0) is 45.0 Å². The number of nitrogens with one attached hydrogen (secondary N) is 2. The Morgan fingerprint density at radius 3 is 2.42 bits per heavy atom. The summed E-state index contributed by atoms with van der Waals surface area (Å²) in [6, 6.07) is 6.41. The average molecular weight is 264 g/mol. The zero-order valence-electron chi connectivity index (χ0n) is 11.5. The van der Waals surface area contributed by atoms with Gasteiger partial charge in [-0.15, -0.1) is 0 Å². The average Bonchev–Trinajstić information content (AvgIpc) is 2.36. The van der Waals surface area contributed by atoms with E-state index in [2.05, 4.69) is 10.6 Å². The van der Waals surface area contributed by atoms with Crippen molar-refractivity contribution in [3.8, 4) is 0 Å². The molecule has 0 heterocycles. The third-order valence-corrected chi connectivity index (χ3v) is 2.50. The lowest BCUT2D eigenvalue weighted by Gasteiger charge is -2.14. The number of hydrogen-bond donors (Lipinski definition) is 2. The molecule has 0 spiro atoms. The van der Waals surface area contributed by atoms with Crippen LogP contribution in [0.2, 0.25) is 0 Å². The molecule has 5 nitrogen and oxygen atoms in total. The molecule has 104 valence electrons. The van der Waals surface area contributed by atoms with Crippen LogP contribution in [0, 0.1) is 0 Å². The smallest absolute Gasteiger partial charge is 0.319 e. The molecular formula is C14H20N2O3. The summed E-state index contributed by atoms with van der Waals surface area (Å²) in [4.78, 5) is 22.8. The molecule has 19 heavy (non-hydrogen) atoms. The Balaban J connectivity index is 2.45. The van der Waals surface area contributed by atoms with E-state index < -0.39 is 0 Å². The number of ketones is 1. The van der Waals surface area contributed by atoms with Crippen LogP contribution >= 0.6 is 0 Å². The van der Waals surface area contributed by atoms with Crippen LogP contribution in [0.3, 0.4) is 0 Å². The lowest BCUT2D eigenvalue weighted by Crippen LogP contribution is -2.38. The van der Waals surface area contributed by atoms with E-state index in [4.69, 9.17) is 4.74 Å². The summed E-state index contributed by atoms with van der Waals surface area (Å²) in [6.07, 6.45) is 0. The Morgan fingerprint density at radius 2 is 1.89 bits per heavy atom. The van der Waals surface area contributed by atoms with Crippen molar-refractivity contribution < 1.29 is 14.3 Å². The molecule has 1 atom stereocenters. The molecule has 1 unspecified atom stereocenters. The molecule has 0 bridgehead atoms. The third kappa shape index (κ3) is 5.52. The predicted molar refractivity (Wildman–Crippen MR) is 74.6 cm³/mol. The number of amides is 2. The van der Waals surface area contributed by atoms with Gasteiger partial charge < -0.3 is 15.4 Å². The molecule has 2 N–H and O–H groups in total. The van der Waals surface area contributed by atoms with E-state index in [1.807, 2.05) is 13.8 Å². The molecule has 0 aromatic heterocycles. The molecule has 0 aliphatic rings. The van der Waals surface area contributed by atoms with Crippen LogP contribution < -0.4 is 10.6 Å². The number of rotatable bonds is 6. The molecule has 0 saturated heterocycles. The topological polar surface area (TPSA) is 67.4 Å². The number of urea groups is 1. The van der Waals surface area contributed by atoms with Gasteiger partial charge in [-0.2, -0.15) is 0 Å². The van der Waals surface area contributed by atoms with Gasteiger partial charge in [0.05, 0.1) is 12.6 Å². The van der Waals surface area contributed by atoms with E-state index in [0.717, 1.165) is 0 Å². The van der Waals surface area contributed by atoms with Gasteiger partial charge in [-0.3, -0.25) is 4.79 Å². The summed E-state index contributed by atoms with van der Waals surface area (Å²) in [6.45, 7) is 6.38. The van der Waals surface area contributed by atoms with E-state index in [1.54, 1.807) is 24.3 Å². The zero-order chi connectivity index (χ0) is 14.3. The van der Waals surface area contributed by atoms with Crippen LogP contribution in [-0.4, -0.2) is 31.1 Å². The highest BCUT2D eigenvalue weighted by molar-refractivity contribution is 5.95. The van der Waals surface area contributed by atoms with Crippen molar-refractivity contribution in [2.75, 3.05) is 18.5 Å². The highest BCUT2D eigenvalue weighted by Crippen LogP contribution is 2.09. The van der Waals surface area contributed by atoms with Gasteiger partial charge in [-0.1, -0.05) is 0 Å². The Morgan fingerprint density at radius 1 is 1.26 bits per heavy atom. The van der Waals surface area contributed by atoms with Crippen molar-refractivity contribution in [3.05, 3.63) is 29.8 Å². The molecule has 0 saturated carbocycles. The number of benzene rings is 1. The first kappa shape index (κ1) is 15.2. The fourth-order valence-electron chi connectivity index (χ4n) is 1.52. The Kier molecular flexibility index (Phi) is 6.02. The maximum atomic E-state index is 11.7. The van der Waals surface area contributed by atoms with Crippen LogP contribution in [0.15, 0.2) is 24.3 Å². The monoisotopic (exact) mass is 264 g/mol. The van der Waals surface area contributed by atoms with Crippen molar-refractivity contribution in [1.82, 2.24) is 5.32 Å². The first-order chi connectivity index (χ1) is 9.02. The summed E-state index contributed by atoms with van der Waals surface area (Å²) < 4.78 is 5.21. The molecule has 1 aromatic carbocycles. The molecule has 0 aliphatic carbocycles. The summed E-state index contributed by atoms with van der Waals surface area (Å²) in [5.74, 6) is 0.00124. The van der Waals surface area contributed by atoms with Crippen LogP contribution in [0.25, 0.3) is 0 Å². The maximum absolute atomic E-state index is 11.7. The normalized spacial score (nSPS) is 11.7. The largest absolute Gasteiger partial charge is 0.380 e. The number of carbonyl (C=O) groups is 2. The maximum Gasteiger partial charge on any atom is 0.319 e. The lowest BCUT2D eigenvalue weighted by molar-refractivity contribution is 0.101. The van der Waals surface area contributed by atoms with Gasteiger partial charge in [0.2, 0.25) is 0 Å². The van der Waals surface area contributed by atoms with E-state index in [0.29, 0.717) is 24.5 Å². The summed E-state index contributed by atoms with van der Waals surface area (Å²) in [5, 5.41) is 5.46. The van der Waals surface area contributed by atoms with Crippen LogP contribution in [0.1, 0.15) is 31.1 Å². The van der Waals surface area contributed by atoms with Crippen molar-refractivity contribution in [2.45, 2.75) is 26.8 Å². The third-order valence-electron chi connectivity index (χ3n) is 2.50. The second kappa shape index (κ2) is 7.53. The van der Waals surface area contributed by atoms with Crippen molar-refractivity contribution in [3.63, 3.8) is 0 Å². The van der Waals surface area contributed by atoms with Gasteiger partial charge in [0.25, 0.3) is 0 Å². The number of anilines is 1. The fourth-order valence-corrected chi connectivity index (χ4v) is 1.52. The highest BCUT2D eigenvalue weighted by Gasteiger charge is 2.07. The Hall–Kier alpha value is -1.88. The SMILES string of the molecule is CCOCC(C)NC(=O)Nc1ccc(C(C)=O)cc1. The predicted octanol–water partition coefficient (Wildman–Crippen LogP) is 2.44. The van der Waals surface area contributed by atoms with E-state index >= 15 is 0 Å². The van der Waals surface area contributed by atoms with E-state index in [-0.39, 0.29) is 17.9 Å². The van der Waals surface area contributed by atoms with Crippen molar-refractivity contribution >= 4 is 17.5 Å². The Bertz CT molecular complexity index is 429. The summed E-state index contributed by atoms with van der Waals surface area (Å²) in [7, 11) is 0. The molecule has 1 aromatic rings. The molecular weight excluding hydrogens is 244 g/mol. The number of Topliss-reactive ketones (excluding diaryl/α,β-unsaturated/α-hetero) is 1. The van der Waals surface area contributed by atoms with Crippen LogP contribution in [-0.2, 0) is 4.74 Å². The van der Waals surface area contributed by atoms with Gasteiger partial charge in [0, 0.05) is 17.9 Å². The highest BCUT2D eigenvalue weighted by atomic mass is 16.5. The molecule has 5 heteroatoms. The molecule has 0 aliphatic heterocycles. The zero-order valence-corrected chi connectivity index (χ0v) is 11.5. The number of hydrogen-bond acceptors (Lipinski definition) is 3. The summed E-state index contributed by atoms with van der Waals surface area (Å²) in [5.41, 5.74) is 1.27. The second-order valence-corrected chi connectivity index (χ2v) is 4.29. The Labute approximate surface area is 113 Å². The second-order valence-electron chi connectivity index (χ2n) is 4.29. The molecule has 2 amide bonds. The van der Waals surface area contributed by atoms with Crippen molar-refractivity contribution in [2.24, 2.45) is 0 Å². The van der Waals surface area contributed by atoms with Gasteiger partial charge in [0.1, 0.15) is 0 Å². The summed E-state index contributed by atoms with van der Waals surface area (Å²) >= 11 is 0. The van der Waals surface area contributed by atoms with Gasteiger partial charge in [-0.25, -0.2) is 4.79 Å². The minimum absolute atomic E-state index is 0.00124. The molecule has 0 fully saturated rings. The standard InChI is InChI=1S/C14H20N2O3/c1-4-19-9-10(2)15-14(18)16-13-7-5-12(6-8-13)11(3)17/h5-8,10H,4,9H2,1-3H3,(H2,15,16,18). The van der Waals surface area contributed by atoms with E-state index in [1.165, 1.54) is 6.92 Å². The number of ether oxygens (including phenoxy) is 1. The quantitative estimate of drug-likeness (QED) is 0.775. The number of carbonyl (C=O) groups excluding carboxylic acids is 2. The molecule has 1 rings (SSSR count). The minimum atomic E-state index is -0.289.